The van der Waals surface area contributed by atoms with Crippen molar-refractivity contribution in [1.29, 1.82) is 0 Å². The highest BCUT2D eigenvalue weighted by Gasteiger charge is 2.41. The van der Waals surface area contributed by atoms with Crippen LogP contribution >= 0.6 is 0 Å². The second-order valence-electron chi connectivity index (χ2n) is 6.59. The molecule has 1 unspecified atom stereocenters. The van der Waals surface area contributed by atoms with E-state index >= 15 is 0 Å². The van der Waals surface area contributed by atoms with Gasteiger partial charge in [-0.25, -0.2) is 0 Å². The second kappa shape index (κ2) is 9.50. The molecule has 134 valence electrons. The molecule has 0 fully saturated rings. The van der Waals surface area contributed by atoms with E-state index in [-0.39, 0.29) is 32.1 Å². The molecule has 7 heteroatoms. The average molecular weight is 331 g/mol. The van der Waals surface area contributed by atoms with E-state index in [2.05, 4.69) is 5.32 Å². The first-order chi connectivity index (χ1) is 10.6. The quantitative estimate of drug-likeness (QED) is 0.389. The van der Waals surface area contributed by atoms with Crippen molar-refractivity contribution in [2.75, 3.05) is 19.8 Å². The molecule has 0 aliphatic heterocycles. The van der Waals surface area contributed by atoms with Crippen molar-refractivity contribution in [2.45, 2.75) is 53.4 Å². The number of ether oxygens (including phenoxy) is 1. The van der Waals surface area contributed by atoms with Gasteiger partial charge in [0.15, 0.2) is 0 Å². The minimum Gasteiger partial charge on any atom is -0.481 e. The van der Waals surface area contributed by atoms with Gasteiger partial charge in [0.1, 0.15) is 6.61 Å². The van der Waals surface area contributed by atoms with Gasteiger partial charge in [0, 0.05) is 18.4 Å². The molecule has 0 bridgehead atoms. The number of esters is 1. The molecule has 0 saturated carbocycles. The summed E-state index contributed by atoms with van der Waals surface area (Å²) in [5.74, 6) is -1.55. The van der Waals surface area contributed by atoms with E-state index in [1.54, 1.807) is 20.8 Å². The van der Waals surface area contributed by atoms with Crippen LogP contribution in [0.5, 0.6) is 0 Å². The molecule has 0 aromatic rings. The van der Waals surface area contributed by atoms with Gasteiger partial charge < -0.3 is 20.3 Å². The molecule has 0 aromatic heterocycles. The lowest BCUT2D eigenvalue weighted by molar-refractivity contribution is -0.159. The maximum absolute atomic E-state index is 12.3. The zero-order valence-corrected chi connectivity index (χ0v) is 14.5. The van der Waals surface area contributed by atoms with E-state index in [1.807, 2.05) is 6.92 Å². The summed E-state index contributed by atoms with van der Waals surface area (Å²) < 4.78 is 5.01. The summed E-state index contributed by atoms with van der Waals surface area (Å²) in [7, 11) is 0. The lowest BCUT2D eigenvalue weighted by Gasteiger charge is -2.34. The fraction of sp³-hybridized carbons (Fsp3) is 0.812. The normalized spacial score (nSPS) is 14.0. The van der Waals surface area contributed by atoms with Crippen LogP contribution in [0.2, 0.25) is 0 Å². The van der Waals surface area contributed by atoms with Crippen molar-refractivity contribution >= 4 is 17.8 Å². The lowest BCUT2D eigenvalue weighted by atomic mass is 9.72. The zero-order valence-electron chi connectivity index (χ0n) is 14.5. The lowest BCUT2D eigenvalue weighted by Crippen LogP contribution is -2.43. The van der Waals surface area contributed by atoms with Crippen molar-refractivity contribution in [3.8, 4) is 0 Å². The Bertz CT molecular complexity index is 421. The van der Waals surface area contributed by atoms with E-state index in [4.69, 9.17) is 14.9 Å². The number of carboxylic acids is 1. The fourth-order valence-corrected chi connectivity index (χ4v) is 2.39. The number of aliphatic carboxylic acids is 1. The Morgan fingerprint density at radius 3 is 2.26 bits per heavy atom. The van der Waals surface area contributed by atoms with E-state index in [1.165, 1.54) is 0 Å². The fourth-order valence-electron chi connectivity index (χ4n) is 2.39. The molecule has 0 spiro atoms. The molecule has 0 aromatic carbocycles. The summed E-state index contributed by atoms with van der Waals surface area (Å²) in [6, 6.07) is 0. The molecule has 1 amide bonds. The van der Waals surface area contributed by atoms with Crippen LogP contribution in [0.3, 0.4) is 0 Å². The highest BCUT2D eigenvalue weighted by Crippen LogP contribution is 2.37. The van der Waals surface area contributed by atoms with Crippen molar-refractivity contribution in [1.82, 2.24) is 5.32 Å². The number of rotatable bonds is 11. The molecule has 23 heavy (non-hydrogen) atoms. The highest BCUT2D eigenvalue weighted by atomic mass is 16.5. The summed E-state index contributed by atoms with van der Waals surface area (Å²) in [5.41, 5.74) is -1.62. The molecule has 3 N–H and O–H groups in total. The van der Waals surface area contributed by atoms with Crippen molar-refractivity contribution in [2.24, 2.45) is 10.8 Å². The first-order valence-electron chi connectivity index (χ1n) is 7.87. The first-order valence-corrected chi connectivity index (χ1v) is 7.87. The number of hydrogen-bond acceptors (Lipinski definition) is 5. The smallest absolute Gasteiger partial charge is 0.311 e. The number of hydrogen-bond donors (Lipinski definition) is 3. The van der Waals surface area contributed by atoms with Gasteiger partial charge >= 0.3 is 11.9 Å². The number of nitrogens with one attached hydrogen (secondary N) is 1. The third-order valence-electron chi connectivity index (χ3n) is 3.90. The van der Waals surface area contributed by atoms with Crippen LogP contribution in [0.4, 0.5) is 0 Å². The van der Waals surface area contributed by atoms with Gasteiger partial charge in [-0.1, -0.05) is 20.8 Å². The number of carboxylic acid groups (broad SMARTS) is 1. The van der Waals surface area contributed by atoms with E-state index in [9.17, 15) is 14.4 Å². The summed E-state index contributed by atoms with van der Waals surface area (Å²) in [6.45, 7) is 7.06. The van der Waals surface area contributed by atoms with Gasteiger partial charge in [-0.05, 0) is 26.2 Å². The van der Waals surface area contributed by atoms with Gasteiger partial charge in [0.2, 0.25) is 5.91 Å². The Morgan fingerprint density at radius 1 is 1.17 bits per heavy atom. The molecule has 7 nitrogen and oxygen atoms in total. The van der Waals surface area contributed by atoms with Gasteiger partial charge in [0.05, 0.1) is 12.0 Å². The number of aliphatic hydroxyl groups is 1. The van der Waals surface area contributed by atoms with Crippen LogP contribution in [-0.4, -0.2) is 47.8 Å². The van der Waals surface area contributed by atoms with Gasteiger partial charge in [0.25, 0.3) is 0 Å². The largest absolute Gasteiger partial charge is 0.481 e. The molecule has 0 heterocycles. The van der Waals surface area contributed by atoms with Gasteiger partial charge in [-0.15, -0.1) is 0 Å². The monoisotopic (exact) mass is 331 g/mol. The molecule has 1 atom stereocenters. The highest BCUT2D eigenvalue weighted by molar-refractivity contribution is 5.84. The van der Waals surface area contributed by atoms with Crippen LogP contribution in [0.25, 0.3) is 0 Å². The second-order valence-corrected chi connectivity index (χ2v) is 6.59. The van der Waals surface area contributed by atoms with Crippen LogP contribution < -0.4 is 5.32 Å². The summed E-state index contributed by atoms with van der Waals surface area (Å²) in [5, 5.41) is 20.0. The molecular formula is C16H29NO6. The maximum atomic E-state index is 12.3. The molecule has 0 aliphatic rings. The molecule has 0 radical (unpaired) electrons. The Hall–Kier alpha value is -1.63. The number of aliphatic hydroxyl groups excluding tert-OH is 1. The Kier molecular flexibility index (Phi) is 8.82. The molecule has 0 aliphatic carbocycles. The van der Waals surface area contributed by atoms with Crippen molar-refractivity contribution in [3.63, 3.8) is 0 Å². The van der Waals surface area contributed by atoms with Crippen LogP contribution in [0.15, 0.2) is 0 Å². The Labute approximate surface area is 137 Å². The summed E-state index contributed by atoms with van der Waals surface area (Å²) >= 11 is 0. The molecule has 0 rings (SSSR count). The van der Waals surface area contributed by atoms with Crippen LogP contribution in [0.1, 0.15) is 53.4 Å². The maximum Gasteiger partial charge on any atom is 0.311 e. The van der Waals surface area contributed by atoms with Crippen molar-refractivity contribution < 1.29 is 29.3 Å². The van der Waals surface area contributed by atoms with E-state index < -0.39 is 22.8 Å². The SMILES string of the molecule is CCC(C)(CC(C)(C)C(=O)NCCCC(=O)O)C(=O)OCCO. The van der Waals surface area contributed by atoms with E-state index in [0.29, 0.717) is 19.3 Å². The first kappa shape index (κ1) is 21.4. The summed E-state index contributed by atoms with van der Waals surface area (Å²) in [6.07, 6.45) is 1.17. The molecular weight excluding hydrogens is 302 g/mol. The Morgan fingerprint density at radius 2 is 1.78 bits per heavy atom. The predicted molar refractivity (Wildman–Crippen MR) is 84.7 cm³/mol. The standard InChI is InChI=1S/C16H29NO6/c1-5-16(4,14(22)23-10-9-18)11-15(2,3)13(21)17-8-6-7-12(19)20/h18H,5-11H2,1-4H3,(H,17,21)(H,19,20). The van der Waals surface area contributed by atoms with Crippen LogP contribution in [-0.2, 0) is 19.1 Å². The van der Waals surface area contributed by atoms with Crippen molar-refractivity contribution in [3.05, 3.63) is 0 Å². The number of amides is 1. The third-order valence-corrected chi connectivity index (χ3v) is 3.90. The van der Waals surface area contributed by atoms with Gasteiger partial charge in [-0.3, -0.25) is 14.4 Å². The Balaban J connectivity index is 4.67. The molecule has 0 saturated heterocycles. The number of carbonyl (C=O) groups excluding carboxylic acids is 2. The minimum absolute atomic E-state index is 0.000863. The van der Waals surface area contributed by atoms with Gasteiger partial charge in [-0.2, -0.15) is 0 Å². The topological polar surface area (TPSA) is 113 Å². The summed E-state index contributed by atoms with van der Waals surface area (Å²) in [4.78, 5) is 34.9. The predicted octanol–water partition coefficient (Wildman–Crippen LogP) is 1.34. The number of carbonyl (C=O) groups is 3. The zero-order chi connectivity index (χ0) is 18.1. The van der Waals surface area contributed by atoms with E-state index in [0.717, 1.165) is 0 Å². The minimum atomic E-state index is -0.899. The average Bonchev–Trinajstić information content (AvgIpc) is 2.47. The third kappa shape index (κ3) is 7.45. The van der Waals surface area contributed by atoms with Crippen LogP contribution in [0, 0.1) is 10.8 Å².